The number of aliphatic carboxylic acids is 1. The quantitative estimate of drug-likeness (QED) is 0.784. The molecule has 4 heteroatoms. The third-order valence-corrected chi connectivity index (χ3v) is 4.47. The van der Waals surface area contributed by atoms with Crippen LogP contribution >= 0.6 is 0 Å². The van der Waals surface area contributed by atoms with Gasteiger partial charge < -0.3 is 20.4 Å². The molecule has 0 aliphatic rings. The van der Waals surface area contributed by atoms with Gasteiger partial charge in [-0.3, -0.25) is 0 Å². The van der Waals surface area contributed by atoms with Crippen molar-refractivity contribution in [2.45, 2.75) is 25.5 Å². The summed E-state index contributed by atoms with van der Waals surface area (Å²) in [4.78, 5) is 11.2. The lowest BCUT2D eigenvalue weighted by Gasteiger charge is -2.29. The number of rotatable bonds is 4. The zero-order valence-electron chi connectivity index (χ0n) is 15.4. The number of carbonyl (C=O) groups is 1. The average Bonchev–Trinajstić information content (AvgIpc) is 2.68. The van der Waals surface area contributed by atoms with Gasteiger partial charge in [-0.15, -0.1) is 0 Å². The van der Waals surface area contributed by atoms with E-state index in [0.29, 0.717) is 11.6 Å². The molecule has 2 atom stereocenters. The van der Waals surface area contributed by atoms with Gasteiger partial charge in [0.25, 0.3) is 0 Å². The van der Waals surface area contributed by atoms with Crippen molar-refractivity contribution in [3.05, 3.63) is 83.9 Å². The Morgan fingerprint density at radius 1 is 1.00 bits per heavy atom. The number of carboxylic acids is 1. The Labute approximate surface area is 154 Å². The van der Waals surface area contributed by atoms with Crippen LogP contribution in [0.2, 0.25) is 0 Å². The van der Waals surface area contributed by atoms with E-state index >= 15 is 0 Å². The number of methoxy groups -OCH3 is 1. The Morgan fingerprint density at radius 3 is 2.08 bits per heavy atom. The molecule has 3 rings (SSSR count). The van der Waals surface area contributed by atoms with Gasteiger partial charge in [0.05, 0.1) is 5.97 Å². The molecule has 26 heavy (non-hydrogen) atoms. The van der Waals surface area contributed by atoms with E-state index in [4.69, 9.17) is 4.74 Å². The number of benzene rings is 3. The summed E-state index contributed by atoms with van der Waals surface area (Å²) in [6.45, 7) is 3.59. The summed E-state index contributed by atoms with van der Waals surface area (Å²) in [5.74, 6) is -1.24. The lowest BCUT2D eigenvalue weighted by molar-refractivity contribution is -0.420. The Hall–Kier alpha value is -2.69. The molecule has 0 bridgehead atoms. The molecule has 0 saturated heterocycles. The number of hydrogen-bond acceptors (Lipinski definition) is 3. The predicted molar refractivity (Wildman–Crippen MR) is 101 cm³/mol. The number of carbonyl (C=O) groups excluding carboxylic acids is 1. The second kappa shape index (κ2) is 8.61. The van der Waals surface area contributed by atoms with Crippen molar-refractivity contribution in [3.8, 4) is 0 Å². The summed E-state index contributed by atoms with van der Waals surface area (Å²) in [5, 5.41) is 13.2. The van der Waals surface area contributed by atoms with Gasteiger partial charge in [0.2, 0.25) is 0 Å². The molecule has 0 aromatic heterocycles. The molecule has 0 aliphatic carbocycles. The molecule has 0 unspecified atom stereocenters. The van der Waals surface area contributed by atoms with Gasteiger partial charge in [0.15, 0.2) is 0 Å². The van der Waals surface area contributed by atoms with Crippen LogP contribution in [0, 0.1) is 0 Å². The zero-order valence-corrected chi connectivity index (χ0v) is 15.4. The van der Waals surface area contributed by atoms with E-state index in [1.54, 1.807) is 6.07 Å². The minimum absolute atomic E-state index is 0.409. The van der Waals surface area contributed by atoms with Crippen LogP contribution in [-0.4, -0.2) is 13.1 Å². The van der Waals surface area contributed by atoms with E-state index in [-0.39, 0.29) is 0 Å². The van der Waals surface area contributed by atoms with Gasteiger partial charge in [-0.2, -0.15) is 0 Å². The molecule has 3 N–H and O–H groups in total. The van der Waals surface area contributed by atoms with E-state index in [9.17, 15) is 9.90 Å². The lowest BCUT2D eigenvalue weighted by Crippen LogP contribution is -2.51. The van der Waals surface area contributed by atoms with Crippen molar-refractivity contribution < 1.29 is 20.4 Å². The minimum Gasteiger partial charge on any atom is -0.547 e. The van der Waals surface area contributed by atoms with Crippen LogP contribution in [-0.2, 0) is 15.1 Å². The van der Waals surface area contributed by atoms with Gasteiger partial charge in [-0.05, 0) is 36.2 Å². The minimum atomic E-state index is -1.41. The van der Waals surface area contributed by atoms with Crippen LogP contribution in [0.3, 0.4) is 0 Å². The van der Waals surface area contributed by atoms with E-state index in [2.05, 4.69) is 24.8 Å². The SMILES string of the molecule is CO[C@@](C)(C(=O)[O-])c1ccc2ccccc2c1.C[C@@H]([NH3+])c1ccccc1. The maximum atomic E-state index is 11.2. The molecular formula is C22H25NO3. The van der Waals surface area contributed by atoms with Gasteiger partial charge in [-0.25, -0.2) is 0 Å². The first-order valence-corrected chi connectivity index (χ1v) is 8.52. The molecule has 0 radical (unpaired) electrons. The van der Waals surface area contributed by atoms with E-state index in [1.807, 2.05) is 54.6 Å². The Kier molecular flexibility index (Phi) is 6.50. The number of quaternary nitrogens is 1. The Balaban J connectivity index is 0.000000228. The fourth-order valence-corrected chi connectivity index (χ4v) is 2.59. The highest BCUT2D eigenvalue weighted by Gasteiger charge is 2.27. The fraction of sp³-hybridized carbons (Fsp3) is 0.227. The highest BCUT2D eigenvalue weighted by atomic mass is 16.5. The summed E-state index contributed by atoms with van der Waals surface area (Å²) in [7, 11) is 1.37. The van der Waals surface area contributed by atoms with Crippen LogP contribution in [0.25, 0.3) is 10.8 Å². The van der Waals surface area contributed by atoms with Crippen LogP contribution < -0.4 is 10.8 Å². The average molecular weight is 351 g/mol. The van der Waals surface area contributed by atoms with Gasteiger partial charge >= 0.3 is 0 Å². The smallest absolute Gasteiger partial charge is 0.129 e. The van der Waals surface area contributed by atoms with Crippen LogP contribution in [0.5, 0.6) is 0 Å². The number of fused-ring (bicyclic) bond motifs is 1. The molecule has 0 spiro atoms. The fourth-order valence-electron chi connectivity index (χ4n) is 2.59. The molecule has 3 aromatic carbocycles. The molecular weight excluding hydrogens is 326 g/mol. The van der Waals surface area contributed by atoms with Crippen molar-refractivity contribution in [1.82, 2.24) is 0 Å². The molecule has 0 saturated carbocycles. The lowest BCUT2D eigenvalue weighted by atomic mass is 9.93. The first kappa shape index (κ1) is 19.6. The predicted octanol–water partition coefficient (Wildman–Crippen LogP) is 2.44. The van der Waals surface area contributed by atoms with Gasteiger partial charge in [-0.1, -0.05) is 66.7 Å². The molecule has 3 aromatic rings. The topological polar surface area (TPSA) is 77.0 Å². The van der Waals surface area contributed by atoms with Crippen LogP contribution in [0.15, 0.2) is 72.8 Å². The first-order valence-electron chi connectivity index (χ1n) is 8.52. The number of ether oxygens (including phenoxy) is 1. The standard InChI is InChI=1S/C14H14O3.C8H11N/c1-14(17-2,13(15)16)12-8-7-10-5-3-4-6-11(10)9-12;1-7(9)8-5-3-2-4-6-8/h3-9H,1-2H3,(H,15,16);2-7H,9H2,1H3/t14-;7-/m11/s1. The van der Waals surface area contributed by atoms with Crippen LogP contribution in [0.1, 0.15) is 31.0 Å². The largest absolute Gasteiger partial charge is 0.547 e. The second-order valence-corrected chi connectivity index (χ2v) is 6.40. The summed E-state index contributed by atoms with van der Waals surface area (Å²) in [6.07, 6.45) is 0. The third kappa shape index (κ3) is 4.48. The second-order valence-electron chi connectivity index (χ2n) is 6.40. The summed E-state index contributed by atoms with van der Waals surface area (Å²) < 4.78 is 5.07. The van der Waals surface area contributed by atoms with Gasteiger partial charge in [0.1, 0.15) is 11.6 Å². The summed E-state index contributed by atoms with van der Waals surface area (Å²) >= 11 is 0. The highest BCUT2D eigenvalue weighted by Crippen LogP contribution is 2.27. The summed E-state index contributed by atoms with van der Waals surface area (Å²) in [6, 6.07) is 23.9. The maximum Gasteiger partial charge on any atom is 0.129 e. The first-order chi connectivity index (χ1) is 12.4. The summed E-state index contributed by atoms with van der Waals surface area (Å²) in [5.41, 5.74) is 4.38. The Morgan fingerprint density at radius 2 is 1.58 bits per heavy atom. The normalized spacial score (nSPS) is 14.0. The maximum absolute atomic E-state index is 11.2. The molecule has 0 amide bonds. The molecule has 136 valence electrons. The van der Waals surface area contributed by atoms with Gasteiger partial charge in [0, 0.05) is 12.7 Å². The number of carboxylic acid groups (broad SMARTS) is 1. The highest BCUT2D eigenvalue weighted by molar-refractivity contribution is 5.85. The van der Waals surface area contributed by atoms with Crippen molar-refractivity contribution >= 4 is 16.7 Å². The van der Waals surface area contributed by atoms with E-state index in [0.717, 1.165) is 10.8 Å². The van der Waals surface area contributed by atoms with E-state index in [1.165, 1.54) is 19.6 Å². The van der Waals surface area contributed by atoms with Crippen molar-refractivity contribution in [2.24, 2.45) is 0 Å². The molecule has 4 nitrogen and oxygen atoms in total. The Bertz CT molecular complexity index is 861. The molecule has 0 aliphatic heterocycles. The van der Waals surface area contributed by atoms with Crippen molar-refractivity contribution in [3.63, 3.8) is 0 Å². The van der Waals surface area contributed by atoms with Crippen molar-refractivity contribution in [1.29, 1.82) is 0 Å². The zero-order chi connectivity index (χ0) is 19.2. The monoisotopic (exact) mass is 351 g/mol. The third-order valence-electron chi connectivity index (χ3n) is 4.47. The molecule has 0 heterocycles. The van der Waals surface area contributed by atoms with E-state index < -0.39 is 11.6 Å². The van der Waals surface area contributed by atoms with Crippen molar-refractivity contribution in [2.75, 3.05) is 7.11 Å². The number of hydrogen-bond donors (Lipinski definition) is 1. The molecule has 0 fully saturated rings. The van der Waals surface area contributed by atoms with Crippen LogP contribution in [0.4, 0.5) is 0 Å².